The molecule has 0 amide bonds. The van der Waals surface area contributed by atoms with Crippen LogP contribution in [0.15, 0.2) is 60.9 Å². The Labute approximate surface area is 176 Å². The van der Waals surface area contributed by atoms with E-state index in [1.807, 2.05) is 31.6 Å². The lowest BCUT2D eigenvalue weighted by molar-refractivity contribution is 0.144. The van der Waals surface area contributed by atoms with Crippen LogP contribution in [0.5, 0.6) is 5.75 Å². The maximum Gasteiger partial charge on any atom is 0.127 e. The third-order valence-electron chi connectivity index (χ3n) is 5.11. The summed E-state index contributed by atoms with van der Waals surface area (Å²) in [6.45, 7) is 4.10. The van der Waals surface area contributed by atoms with Gasteiger partial charge in [0.25, 0.3) is 0 Å². The minimum Gasteiger partial charge on any atom is -0.489 e. The van der Waals surface area contributed by atoms with E-state index >= 15 is 0 Å². The summed E-state index contributed by atoms with van der Waals surface area (Å²) in [5.41, 5.74) is 2.15. The number of rotatable bonds is 6. The molecular formula is C22H26ClFN4O. The molecule has 1 saturated heterocycles. The van der Waals surface area contributed by atoms with E-state index in [1.54, 1.807) is 12.1 Å². The summed E-state index contributed by atoms with van der Waals surface area (Å²) in [7, 11) is 2.04. The van der Waals surface area contributed by atoms with Gasteiger partial charge in [0.15, 0.2) is 0 Å². The number of hydrogen-bond acceptors (Lipinski definition) is 4. The van der Waals surface area contributed by atoms with Crippen LogP contribution in [0.1, 0.15) is 23.0 Å². The number of nitrogens with zero attached hydrogens (tertiary/aromatic N) is 3. The molecule has 1 aromatic heterocycles. The highest BCUT2D eigenvalue weighted by Gasteiger charge is 2.26. The Balaban J connectivity index is 0.00000240. The summed E-state index contributed by atoms with van der Waals surface area (Å²) in [6, 6.07) is 14.8. The van der Waals surface area contributed by atoms with E-state index in [9.17, 15) is 4.39 Å². The van der Waals surface area contributed by atoms with E-state index < -0.39 is 0 Å². The maximum atomic E-state index is 13.0. The van der Waals surface area contributed by atoms with Gasteiger partial charge < -0.3 is 14.6 Å². The summed E-state index contributed by atoms with van der Waals surface area (Å²) >= 11 is 0. The minimum atomic E-state index is -0.232. The zero-order valence-electron chi connectivity index (χ0n) is 16.4. The Morgan fingerprint density at radius 2 is 2.00 bits per heavy atom. The minimum absolute atomic E-state index is 0. The molecule has 0 radical (unpaired) electrons. The molecule has 4 rings (SSSR count). The van der Waals surface area contributed by atoms with E-state index in [4.69, 9.17) is 4.74 Å². The van der Waals surface area contributed by atoms with Gasteiger partial charge >= 0.3 is 0 Å². The van der Waals surface area contributed by atoms with Gasteiger partial charge in [-0.25, -0.2) is 9.37 Å². The van der Waals surface area contributed by atoms with E-state index in [2.05, 4.69) is 31.9 Å². The number of aryl methyl sites for hydroxylation is 1. The SMILES string of the molecule is Cl.Cn1ccnc1C1CNCCN1Cc1cccc(OCc2ccc(F)cc2)c1. The molecule has 1 unspecified atom stereocenters. The van der Waals surface area contributed by atoms with Gasteiger partial charge in [-0.05, 0) is 35.4 Å². The number of nitrogens with one attached hydrogen (secondary N) is 1. The van der Waals surface area contributed by atoms with Gasteiger partial charge in [-0.15, -0.1) is 12.4 Å². The van der Waals surface area contributed by atoms with E-state index in [-0.39, 0.29) is 24.3 Å². The second-order valence-electron chi connectivity index (χ2n) is 7.15. The molecule has 7 heteroatoms. The van der Waals surface area contributed by atoms with Crippen LogP contribution in [-0.2, 0) is 20.2 Å². The summed E-state index contributed by atoms with van der Waals surface area (Å²) in [4.78, 5) is 7.00. The first-order valence-electron chi connectivity index (χ1n) is 9.57. The fourth-order valence-electron chi connectivity index (χ4n) is 3.60. The molecule has 1 N–H and O–H groups in total. The first-order valence-corrected chi connectivity index (χ1v) is 9.57. The monoisotopic (exact) mass is 416 g/mol. The van der Waals surface area contributed by atoms with Crippen molar-refractivity contribution in [2.75, 3.05) is 19.6 Å². The molecular weight excluding hydrogens is 391 g/mol. The van der Waals surface area contributed by atoms with Crippen molar-refractivity contribution in [3.63, 3.8) is 0 Å². The van der Waals surface area contributed by atoms with E-state index in [0.717, 1.165) is 43.3 Å². The molecule has 3 aromatic rings. The van der Waals surface area contributed by atoms with Gasteiger partial charge in [0.1, 0.15) is 24.0 Å². The second-order valence-corrected chi connectivity index (χ2v) is 7.15. The van der Waals surface area contributed by atoms with Crippen molar-refractivity contribution >= 4 is 12.4 Å². The Kier molecular flexibility index (Phi) is 7.25. The fourth-order valence-corrected chi connectivity index (χ4v) is 3.60. The average Bonchev–Trinajstić information content (AvgIpc) is 3.14. The molecule has 2 heterocycles. The van der Waals surface area contributed by atoms with Gasteiger partial charge in [0, 0.05) is 45.6 Å². The molecule has 5 nitrogen and oxygen atoms in total. The van der Waals surface area contributed by atoms with Crippen LogP contribution in [0.2, 0.25) is 0 Å². The highest BCUT2D eigenvalue weighted by Crippen LogP contribution is 2.24. The van der Waals surface area contributed by atoms with Crippen LogP contribution in [0.25, 0.3) is 0 Å². The molecule has 1 aliphatic heterocycles. The number of imidazole rings is 1. The molecule has 2 aromatic carbocycles. The van der Waals surface area contributed by atoms with Crippen LogP contribution in [0.3, 0.4) is 0 Å². The molecule has 0 spiro atoms. The normalized spacial score (nSPS) is 17.0. The molecule has 1 atom stereocenters. The van der Waals surface area contributed by atoms with Gasteiger partial charge in [-0.1, -0.05) is 24.3 Å². The molecule has 0 aliphatic carbocycles. The van der Waals surface area contributed by atoms with Crippen LogP contribution < -0.4 is 10.1 Å². The van der Waals surface area contributed by atoms with Gasteiger partial charge in [-0.2, -0.15) is 0 Å². The number of benzene rings is 2. The second kappa shape index (κ2) is 9.87. The Bertz CT molecular complexity index is 915. The van der Waals surface area contributed by atoms with Crippen LogP contribution in [0, 0.1) is 5.82 Å². The zero-order chi connectivity index (χ0) is 19.3. The molecule has 0 bridgehead atoms. The van der Waals surface area contributed by atoms with Gasteiger partial charge in [0.05, 0.1) is 6.04 Å². The zero-order valence-corrected chi connectivity index (χ0v) is 17.2. The molecule has 1 aliphatic rings. The lowest BCUT2D eigenvalue weighted by atomic mass is 10.1. The van der Waals surface area contributed by atoms with Crippen molar-refractivity contribution in [3.05, 3.63) is 83.7 Å². The maximum absolute atomic E-state index is 13.0. The number of hydrogen-bond donors (Lipinski definition) is 1. The first kappa shape index (κ1) is 21.3. The topological polar surface area (TPSA) is 42.3 Å². The van der Waals surface area contributed by atoms with Crippen molar-refractivity contribution in [2.45, 2.75) is 19.2 Å². The van der Waals surface area contributed by atoms with Crippen molar-refractivity contribution in [1.82, 2.24) is 19.8 Å². The fraction of sp³-hybridized carbons (Fsp3) is 0.318. The van der Waals surface area contributed by atoms with Crippen molar-refractivity contribution < 1.29 is 9.13 Å². The van der Waals surface area contributed by atoms with Gasteiger partial charge in [0.2, 0.25) is 0 Å². The Morgan fingerprint density at radius 1 is 1.17 bits per heavy atom. The van der Waals surface area contributed by atoms with Crippen molar-refractivity contribution in [2.24, 2.45) is 7.05 Å². The summed E-state index contributed by atoms with van der Waals surface area (Å²) < 4.78 is 21.0. The molecule has 154 valence electrons. The lowest BCUT2D eigenvalue weighted by Gasteiger charge is -2.35. The van der Waals surface area contributed by atoms with Crippen LogP contribution >= 0.6 is 12.4 Å². The number of ether oxygens (including phenoxy) is 1. The number of aromatic nitrogens is 2. The van der Waals surface area contributed by atoms with Crippen molar-refractivity contribution in [1.29, 1.82) is 0 Å². The quantitative estimate of drug-likeness (QED) is 0.665. The third kappa shape index (κ3) is 5.35. The first-order chi connectivity index (χ1) is 13.7. The lowest BCUT2D eigenvalue weighted by Crippen LogP contribution is -2.46. The van der Waals surface area contributed by atoms with Crippen molar-refractivity contribution in [3.8, 4) is 5.75 Å². The number of halogens is 2. The highest BCUT2D eigenvalue weighted by molar-refractivity contribution is 5.85. The standard InChI is InChI=1S/C22H25FN4O.ClH/c1-26-11-10-25-22(26)21-14-24-9-12-27(21)15-18-3-2-4-20(13-18)28-16-17-5-7-19(23)8-6-17;/h2-8,10-11,13,21,24H,9,12,14-16H2,1H3;1H. The molecule has 0 saturated carbocycles. The summed E-state index contributed by atoms with van der Waals surface area (Å²) in [5, 5.41) is 3.47. The van der Waals surface area contributed by atoms with E-state index in [1.165, 1.54) is 17.7 Å². The smallest absolute Gasteiger partial charge is 0.127 e. The molecule has 1 fully saturated rings. The average molecular weight is 417 g/mol. The highest BCUT2D eigenvalue weighted by atomic mass is 35.5. The predicted octanol–water partition coefficient (Wildman–Crippen LogP) is 3.71. The Hall–Kier alpha value is -2.41. The Morgan fingerprint density at radius 3 is 2.76 bits per heavy atom. The largest absolute Gasteiger partial charge is 0.489 e. The summed E-state index contributed by atoms with van der Waals surface area (Å²) in [6.07, 6.45) is 3.85. The third-order valence-corrected chi connectivity index (χ3v) is 5.11. The summed E-state index contributed by atoms with van der Waals surface area (Å²) in [5.74, 6) is 1.67. The predicted molar refractivity (Wildman–Crippen MR) is 114 cm³/mol. The van der Waals surface area contributed by atoms with E-state index in [0.29, 0.717) is 6.61 Å². The van der Waals surface area contributed by atoms with Crippen LogP contribution in [-0.4, -0.2) is 34.1 Å². The number of piperazine rings is 1. The van der Waals surface area contributed by atoms with Gasteiger partial charge in [-0.3, -0.25) is 4.90 Å². The van der Waals surface area contributed by atoms with Crippen LogP contribution in [0.4, 0.5) is 4.39 Å². The molecule has 29 heavy (non-hydrogen) atoms.